The SMILES string of the molecule is CC(C)=CC(N)c1nccc2ccccc12. The third-order valence-corrected chi connectivity index (χ3v) is 2.53. The number of nitrogens with two attached hydrogens (primary N) is 1. The third-order valence-electron chi connectivity index (χ3n) is 2.53. The van der Waals surface area contributed by atoms with Gasteiger partial charge in [0, 0.05) is 11.6 Å². The van der Waals surface area contributed by atoms with Crippen LogP contribution < -0.4 is 5.73 Å². The topological polar surface area (TPSA) is 38.9 Å². The fourth-order valence-electron chi connectivity index (χ4n) is 1.85. The fraction of sp³-hybridized carbons (Fsp3) is 0.214. The number of allylic oxidation sites excluding steroid dienone is 1. The Balaban J connectivity index is 2.56. The first-order valence-corrected chi connectivity index (χ1v) is 5.43. The van der Waals surface area contributed by atoms with Gasteiger partial charge in [0.25, 0.3) is 0 Å². The summed E-state index contributed by atoms with van der Waals surface area (Å²) in [5, 5.41) is 2.32. The Morgan fingerprint density at radius 3 is 2.75 bits per heavy atom. The van der Waals surface area contributed by atoms with Gasteiger partial charge in [-0.15, -0.1) is 0 Å². The molecule has 0 amide bonds. The van der Waals surface area contributed by atoms with E-state index in [1.807, 2.05) is 44.3 Å². The molecule has 0 aliphatic carbocycles. The maximum Gasteiger partial charge on any atom is 0.0688 e. The molecule has 82 valence electrons. The van der Waals surface area contributed by atoms with Gasteiger partial charge >= 0.3 is 0 Å². The van der Waals surface area contributed by atoms with Crippen LogP contribution in [0.2, 0.25) is 0 Å². The number of hydrogen-bond donors (Lipinski definition) is 1. The molecule has 0 fully saturated rings. The second-order valence-corrected chi connectivity index (χ2v) is 4.19. The highest BCUT2D eigenvalue weighted by atomic mass is 14.8. The Morgan fingerprint density at radius 2 is 2.00 bits per heavy atom. The highest BCUT2D eigenvalue weighted by Crippen LogP contribution is 2.21. The van der Waals surface area contributed by atoms with Crippen LogP contribution in [-0.4, -0.2) is 4.98 Å². The average molecular weight is 212 g/mol. The zero-order valence-electron chi connectivity index (χ0n) is 9.64. The van der Waals surface area contributed by atoms with Crippen molar-refractivity contribution in [2.45, 2.75) is 19.9 Å². The van der Waals surface area contributed by atoms with Gasteiger partial charge in [0.1, 0.15) is 0 Å². The lowest BCUT2D eigenvalue weighted by molar-refractivity contribution is 0.865. The molecular weight excluding hydrogens is 196 g/mol. The summed E-state index contributed by atoms with van der Waals surface area (Å²) in [6.07, 6.45) is 3.85. The molecule has 0 bridgehead atoms. The lowest BCUT2D eigenvalue weighted by Gasteiger charge is -2.10. The van der Waals surface area contributed by atoms with Gasteiger partial charge in [0.05, 0.1) is 11.7 Å². The summed E-state index contributed by atoms with van der Waals surface area (Å²) >= 11 is 0. The molecular formula is C14H16N2. The van der Waals surface area contributed by atoms with E-state index in [1.54, 1.807) is 0 Å². The van der Waals surface area contributed by atoms with E-state index in [0.717, 1.165) is 11.1 Å². The first-order valence-electron chi connectivity index (χ1n) is 5.43. The molecule has 16 heavy (non-hydrogen) atoms. The maximum atomic E-state index is 6.12. The summed E-state index contributed by atoms with van der Waals surface area (Å²) in [4.78, 5) is 4.39. The van der Waals surface area contributed by atoms with Crippen molar-refractivity contribution in [1.29, 1.82) is 0 Å². The number of nitrogens with zero attached hydrogens (tertiary/aromatic N) is 1. The molecule has 1 heterocycles. The number of fused-ring (bicyclic) bond motifs is 1. The van der Waals surface area contributed by atoms with E-state index in [9.17, 15) is 0 Å². The molecule has 2 N–H and O–H groups in total. The second-order valence-electron chi connectivity index (χ2n) is 4.19. The molecule has 0 aliphatic rings. The molecule has 1 atom stereocenters. The Hall–Kier alpha value is -1.67. The molecule has 1 unspecified atom stereocenters. The highest BCUT2D eigenvalue weighted by molar-refractivity contribution is 5.84. The Labute approximate surface area is 95.8 Å². The van der Waals surface area contributed by atoms with Crippen molar-refractivity contribution in [3.63, 3.8) is 0 Å². The lowest BCUT2D eigenvalue weighted by atomic mass is 10.0. The Kier molecular flexibility index (Phi) is 3.02. The third kappa shape index (κ3) is 2.12. The molecule has 0 saturated heterocycles. The molecule has 0 aliphatic heterocycles. The smallest absolute Gasteiger partial charge is 0.0688 e. The largest absolute Gasteiger partial charge is 0.319 e. The Morgan fingerprint density at radius 1 is 1.25 bits per heavy atom. The number of hydrogen-bond acceptors (Lipinski definition) is 2. The van der Waals surface area contributed by atoms with E-state index in [-0.39, 0.29) is 6.04 Å². The van der Waals surface area contributed by atoms with Crippen LogP contribution in [0.25, 0.3) is 10.8 Å². The van der Waals surface area contributed by atoms with Crippen molar-refractivity contribution < 1.29 is 0 Å². The van der Waals surface area contributed by atoms with Crippen LogP contribution >= 0.6 is 0 Å². The van der Waals surface area contributed by atoms with Crippen molar-refractivity contribution >= 4 is 10.8 Å². The molecule has 2 heteroatoms. The minimum absolute atomic E-state index is 0.129. The van der Waals surface area contributed by atoms with Gasteiger partial charge < -0.3 is 5.73 Å². The van der Waals surface area contributed by atoms with E-state index in [0.29, 0.717) is 0 Å². The number of rotatable bonds is 2. The molecule has 1 aromatic heterocycles. The predicted molar refractivity (Wildman–Crippen MR) is 68.1 cm³/mol. The first kappa shape index (κ1) is 10.8. The first-order chi connectivity index (χ1) is 7.68. The van der Waals surface area contributed by atoms with Gasteiger partial charge in [0.15, 0.2) is 0 Å². The summed E-state index contributed by atoms with van der Waals surface area (Å²) in [7, 11) is 0. The van der Waals surface area contributed by atoms with Crippen LogP contribution in [0.4, 0.5) is 0 Å². The van der Waals surface area contributed by atoms with Gasteiger partial charge in [0.2, 0.25) is 0 Å². The molecule has 0 saturated carbocycles. The van der Waals surface area contributed by atoms with E-state index in [4.69, 9.17) is 5.73 Å². The summed E-state index contributed by atoms with van der Waals surface area (Å²) in [6.45, 7) is 4.09. The van der Waals surface area contributed by atoms with Crippen LogP contribution in [0.1, 0.15) is 25.6 Å². The van der Waals surface area contributed by atoms with Crippen LogP contribution in [-0.2, 0) is 0 Å². The second kappa shape index (κ2) is 4.45. The van der Waals surface area contributed by atoms with Crippen LogP contribution in [0.15, 0.2) is 48.2 Å². The number of benzene rings is 1. The Bertz CT molecular complexity index is 520. The fourth-order valence-corrected chi connectivity index (χ4v) is 1.85. The summed E-state index contributed by atoms with van der Waals surface area (Å²) < 4.78 is 0. The summed E-state index contributed by atoms with van der Waals surface area (Å²) in [5.41, 5.74) is 8.28. The summed E-state index contributed by atoms with van der Waals surface area (Å²) in [5.74, 6) is 0. The van der Waals surface area contributed by atoms with E-state index < -0.39 is 0 Å². The average Bonchev–Trinajstić information content (AvgIpc) is 2.27. The molecule has 2 rings (SSSR count). The quantitative estimate of drug-likeness (QED) is 0.776. The number of aromatic nitrogens is 1. The van der Waals surface area contributed by atoms with Gasteiger partial charge in [-0.05, 0) is 25.3 Å². The maximum absolute atomic E-state index is 6.12. The van der Waals surface area contributed by atoms with Crippen molar-refractivity contribution in [3.05, 3.63) is 53.9 Å². The lowest BCUT2D eigenvalue weighted by Crippen LogP contribution is -2.10. The highest BCUT2D eigenvalue weighted by Gasteiger charge is 2.08. The standard InChI is InChI=1S/C14H16N2/c1-10(2)9-13(15)14-12-6-4-3-5-11(12)7-8-16-14/h3-9,13H,15H2,1-2H3. The zero-order chi connectivity index (χ0) is 11.5. The molecule has 0 radical (unpaired) electrons. The van der Waals surface area contributed by atoms with Crippen molar-refractivity contribution in [3.8, 4) is 0 Å². The van der Waals surface area contributed by atoms with Crippen molar-refractivity contribution in [1.82, 2.24) is 4.98 Å². The van der Waals surface area contributed by atoms with Crippen molar-refractivity contribution in [2.75, 3.05) is 0 Å². The van der Waals surface area contributed by atoms with E-state index >= 15 is 0 Å². The van der Waals surface area contributed by atoms with E-state index in [2.05, 4.69) is 17.1 Å². The van der Waals surface area contributed by atoms with Gasteiger partial charge in [-0.25, -0.2) is 0 Å². The van der Waals surface area contributed by atoms with Crippen LogP contribution in [0, 0.1) is 0 Å². The number of pyridine rings is 1. The van der Waals surface area contributed by atoms with Gasteiger partial charge in [-0.1, -0.05) is 35.9 Å². The molecule has 2 nitrogen and oxygen atoms in total. The molecule has 1 aromatic carbocycles. The minimum Gasteiger partial charge on any atom is -0.319 e. The van der Waals surface area contributed by atoms with Gasteiger partial charge in [-0.2, -0.15) is 0 Å². The van der Waals surface area contributed by atoms with Crippen molar-refractivity contribution in [2.24, 2.45) is 5.73 Å². The molecule has 2 aromatic rings. The van der Waals surface area contributed by atoms with E-state index in [1.165, 1.54) is 11.0 Å². The minimum atomic E-state index is -0.129. The predicted octanol–water partition coefficient (Wildman–Crippen LogP) is 3.20. The van der Waals surface area contributed by atoms with Gasteiger partial charge in [-0.3, -0.25) is 4.98 Å². The zero-order valence-corrected chi connectivity index (χ0v) is 9.64. The van der Waals surface area contributed by atoms with Crippen LogP contribution in [0.5, 0.6) is 0 Å². The normalized spacial score (nSPS) is 12.4. The monoisotopic (exact) mass is 212 g/mol. The molecule has 0 spiro atoms. The van der Waals surface area contributed by atoms with Crippen LogP contribution in [0.3, 0.4) is 0 Å². The summed E-state index contributed by atoms with van der Waals surface area (Å²) in [6, 6.07) is 10.1.